The van der Waals surface area contributed by atoms with Crippen LogP contribution in [0, 0.1) is 0 Å². The number of imidazole rings is 1. The second kappa shape index (κ2) is 5.09. The van der Waals surface area contributed by atoms with E-state index >= 15 is 0 Å². The average molecular weight is 234 g/mol. The normalized spacial score (nSPS) is 12.9. The minimum absolute atomic E-state index is 0.190. The van der Waals surface area contributed by atoms with E-state index in [-0.39, 0.29) is 6.04 Å². The summed E-state index contributed by atoms with van der Waals surface area (Å²) in [5.74, 6) is 0. The van der Waals surface area contributed by atoms with Crippen molar-refractivity contribution >= 4 is 0 Å². The summed E-state index contributed by atoms with van der Waals surface area (Å²) in [6.45, 7) is 2.78. The van der Waals surface area contributed by atoms with Crippen molar-refractivity contribution < 1.29 is 0 Å². The Balaban J connectivity index is 1.98. The predicted octanol–water partition coefficient (Wildman–Crippen LogP) is 0.340. The van der Waals surface area contributed by atoms with E-state index in [4.69, 9.17) is 5.73 Å². The van der Waals surface area contributed by atoms with E-state index in [2.05, 4.69) is 22.2 Å². The van der Waals surface area contributed by atoms with Crippen molar-refractivity contribution in [3.05, 3.63) is 30.1 Å². The Bertz CT molecular complexity index is 472. The zero-order chi connectivity index (χ0) is 12.3. The molecule has 1 unspecified atom stereocenters. The van der Waals surface area contributed by atoms with E-state index in [1.807, 2.05) is 30.3 Å². The summed E-state index contributed by atoms with van der Waals surface area (Å²) in [6, 6.07) is 0.190. The molecule has 0 fully saturated rings. The van der Waals surface area contributed by atoms with Gasteiger partial charge in [-0.05, 0) is 6.42 Å². The summed E-state index contributed by atoms with van der Waals surface area (Å²) < 4.78 is 3.70. The molecule has 0 amide bonds. The van der Waals surface area contributed by atoms with Gasteiger partial charge >= 0.3 is 0 Å². The molecule has 6 heteroatoms. The molecule has 2 aromatic heterocycles. The Morgan fingerprint density at radius 2 is 2.18 bits per heavy atom. The first-order valence-corrected chi connectivity index (χ1v) is 5.78. The lowest BCUT2D eigenvalue weighted by atomic mass is 10.1. The van der Waals surface area contributed by atoms with Crippen molar-refractivity contribution in [3.63, 3.8) is 0 Å². The van der Waals surface area contributed by atoms with E-state index in [0.717, 1.165) is 24.2 Å². The second-order valence-corrected chi connectivity index (χ2v) is 4.29. The summed E-state index contributed by atoms with van der Waals surface area (Å²) >= 11 is 0. The van der Waals surface area contributed by atoms with Crippen LogP contribution in [0.5, 0.6) is 0 Å². The second-order valence-electron chi connectivity index (χ2n) is 4.29. The van der Waals surface area contributed by atoms with Gasteiger partial charge in [-0.15, -0.1) is 5.10 Å². The lowest BCUT2D eigenvalue weighted by molar-refractivity contribution is 0.638. The van der Waals surface area contributed by atoms with Crippen molar-refractivity contribution in [2.45, 2.75) is 32.4 Å². The van der Waals surface area contributed by atoms with Crippen LogP contribution in [0.4, 0.5) is 0 Å². The van der Waals surface area contributed by atoms with Gasteiger partial charge in [-0.3, -0.25) is 4.68 Å². The van der Waals surface area contributed by atoms with Crippen molar-refractivity contribution in [2.75, 3.05) is 0 Å². The molecule has 2 rings (SSSR count). The van der Waals surface area contributed by atoms with Gasteiger partial charge in [0.2, 0.25) is 0 Å². The third-order valence-electron chi connectivity index (χ3n) is 2.68. The molecule has 0 saturated carbocycles. The first kappa shape index (κ1) is 11.8. The highest BCUT2D eigenvalue weighted by Gasteiger charge is 2.06. The number of nitrogens with two attached hydrogens (primary N) is 1. The van der Waals surface area contributed by atoms with Crippen molar-refractivity contribution in [1.82, 2.24) is 24.5 Å². The van der Waals surface area contributed by atoms with Crippen molar-refractivity contribution in [1.29, 1.82) is 0 Å². The van der Waals surface area contributed by atoms with Gasteiger partial charge in [-0.25, -0.2) is 4.98 Å². The molecule has 0 aromatic carbocycles. The average Bonchev–Trinajstić information content (AvgIpc) is 2.89. The summed E-state index contributed by atoms with van der Waals surface area (Å²) in [4.78, 5) is 4.34. The standard InChI is InChI=1S/C11H18N6/c1-3-9(12)4-10-6-17(8-13-10)7-11-5-16(2)15-14-11/h5-6,8-9H,3-4,7,12H2,1-2H3. The highest BCUT2D eigenvalue weighted by atomic mass is 15.4. The SMILES string of the molecule is CCC(N)Cc1cn(Cc2cn(C)nn2)cn1. The summed E-state index contributed by atoms with van der Waals surface area (Å²) in [6.07, 6.45) is 7.52. The lowest BCUT2D eigenvalue weighted by Gasteiger charge is -2.04. The van der Waals surface area contributed by atoms with E-state index in [9.17, 15) is 0 Å². The topological polar surface area (TPSA) is 74.5 Å². The van der Waals surface area contributed by atoms with Gasteiger partial charge in [-0.1, -0.05) is 12.1 Å². The van der Waals surface area contributed by atoms with Gasteiger partial charge < -0.3 is 10.3 Å². The number of hydrogen-bond acceptors (Lipinski definition) is 4. The summed E-state index contributed by atoms with van der Waals surface area (Å²) in [5.41, 5.74) is 7.85. The van der Waals surface area contributed by atoms with E-state index in [1.54, 1.807) is 4.68 Å². The molecule has 6 nitrogen and oxygen atoms in total. The Labute approximate surface area is 100 Å². The van der Waals surface area contributed by atoms with Gasteiger partial charge in [0.25, 0.3) is 0 Å². The Kier molecular flexibility index (Phi) is 3.53. The molecule has 2 heterocycles. The van der Waals surface area contributed by atoms with Crippen LogP contribution in [-0.2, 0) is 20.0 Å². The van der Waals surface area contributed by atoms with Crippen molar-refractivity contribution in [2.24, 2.45) is 12.8 Å². The molecule has 0 aliphatic heterocycles. The number of aromatic nitrogens is 5. The molecule has 0 bridgehead atoms. The van der Waals surface area contributed by atoms with Gasteiger partial charge in [0.15, 0.2) is 0 Å². The monoisotopic (exact) mass is 234 g/mol. The van der Waals surface area contributed by atoms with Gasteiger partial charge in [0.05, 0.1) is 18.6 Å². The third-order valence-corrected chi connectivity index (χ3v) is 2.68. The lowest BCUT2D eigenvalue weighted by Crippen LogP contribution is -2.21. The first-order valence-electron chi connectivity index (χ1n) is 5.78. The van der Waals surface area contributed by atoms with Crippen LogP contribution in [-0.4, -0.2) is 30.6 Å². The quantitative estimate of drug-likeness (QED) is 0.809. The predicted molar refractivity (Wildman–Crippen MR) is 64.3 cm³/mol. The van der Waals surface area contributed by atoms with Crippen LogP contribution in [0.1, 0.15) is 24.7 Å². The molecule has 2 N–H and O–H groups in total. The zero-order valence-corrected chi connectivity index (χ0v) is 10.2. The Morgan fingerprint density at radius 3 is 2.82 bits per heavy atom. The number of aryl methyl sites for hydroxylation is 1. The highest BCUT2D eigenvalue weighted by molar-refractivity contribution is 5.02. The third kappa shape index (κ3) is 3.13. The molecular formula is C11H18N6. The molecule has 0 aliphatic rings. The van der Waals surface area contributed by atoms with Crippen LogP contribution in [0.2, 0.25) is 0 Å². The molecule has 0 radical (unpaired) electrons. The molecule has 17 heavy (non-hydrogen) atoms. The fourth-order valence-electron chi connectivity index (χ4n) is 1.67. The van der Waals surface area contributed by atoms with Crippen LogP contribution >= 0.6 is 0 Å². The minimum Gasteiger partial charge on any atom is -0.331 e. The van der Waals surface area contributed by atoms with Crippen LogP contribution in [0.3, 0.4) is 0 Å². The fraction of sp³-hybridized carbons (Fsp3) is 0.545. The number of nitrogens with zero attached hydrogens (tertiary/aromatic N) is 5. The maximum Gasteiger partial charge on any atom is 0.102 e. The molecule has 2 aromatic rings. The van der Waals surface area contributed by atoms with Crippen LogP contribution < -0.4 is 5.73 Å². The number of rotatable bonds is 5. The van der Waals surface area contributed by atoms with E-state index in [0.29, 0.717) is 6.54 Å². The Morgan fingerprint density at radius 1 is 1.35 bits per heavy atom. The van der Waals surface area contributed by atoms with Gasteiger partial charge in [0, 0.05) is 31.9 Å². The molecule has 1 atom stereocenters. The van der Waals surface area contributed by atoms with E-state index < -0.39 is 0 Å². The summed E-state index contributed by atoms with van der Waals surface area (Å²) in [5, 5.41) is 7.93. The Hall–Kier alpha value is -1.69. The molecule has 92 valence electrons. The number of hydrogen-bond donors (Lipinski definition) is 1. The molecular weight excluding hydrogens is 216 g/mol. The smallest absolute Gasteiger partial charge is 0.102 e. The molecule has 0 aliphatic carbocycles. The van der Waals surface area contributed by atoms with Crippen molar-refractivity contribution in [3.8, 4) is 0 Å². The largest absolute Gasteiger partial charge is 0.331 e. The first-order chi connectivity index (χ1) is 8.17. The van der Waals surface area contributed by atoms with Gasteiger partial charge in [0.1, 0.15) is 5.69 Å². The van der Waals surface area contributed by atoms with E-state index in [1.165, 1.54) is 0 Å². The molecule has 0 spiro atoms. The molecule has 0 saturated heterocycles. The van der Waals surface area contributed by atoms with Crippen LogP contribution in [0.25, 0.3) is 0 Å². The maximum atomic E-state index is 5.90. The zero-order valence-electron chi connectivity index (χ0n) is 10.2. The minimum atomic E-state index is 0.190. The maximum absolute atomic E-state index is 5.90. The summed E-state index contributed by atoms with van der Waals surface area (Å²) in [7, 11) is 1.86. The van der Waals surface area contributed by atoms with Gasteiger partial charge in [-0.2, -0.15) is 0 Å². The van der Waals surface area contributed by atoms with Crippen LogP contribution in [0.15, 0.2) is 18.7 Å². The fourth-order valence-corrected chi connectivity index (χ4v) is 1.67. The highest BCUT2D eigenvalue weighted by Crippen LogP contribution is 2.04.